The number of aliphatic hydroxyl groups excluding tert-OH is 4. The number of ether oxygens (including phenoxy) is 2. The fraction of sp³-hybridized carbons (Fsp3) is 0.941. The lowest BCUT2D eigenvalue weighted by Crippen LogP contribution is -2.59. The minimum absolute atomic E-state index is 0.0135. The Hall–Kier alpha value is -0.770. The second-order valence-corrected chi connectivity index (χ2v) is 6.78. The van der Waals surface area contributed by atoms with E-state index in [2.05, 4.69) is 5.32 Å². The standard InChI is InChI=1S/C17H33NO7/c1-11(2)16(23)18-8-6-4-3-5-7-9-24-17-15(22)14(21)13(20)12(10-19)25-17/h11-15,17,19-22H,3-10H2,1-2H3,(H,18,23)/t12-,13-,14+,15+,17+/m1/s1. The molecule has 1 heterocycles. The molecule has 5 N–H and O–H groups in total. The van der Waals surface area contributed by atoms with Gasteiger partial charge in [0.25, 0.3) is 0 Å². The molecule has 5 atom stereocenters. The van der Waals surface area contributed by atoms with E-state index in [-0.39, 0.29) is 11.8 Å². The molecule has 0 aliphatic carbocycles. The smallest absolute Gasteiger partial charge is 0.222 e. The SMILES string of the molecule is CC(C)C(=O)NCCCCCCCO[C@H]1O[C@H](CO)[C@@H](O)[C@H](O)[C@@H]1O. The first-order valence-corrected chi connectivity index (χ1v) is 9.08. The average Bonchev–Trinajstić information content (AvgIpc) is 2.59. The number of hydrogen-bond donors (Lipinski definition) is 5. The molecule has 0 unspecified atom stereocenters. The molecule has 0 aromatic carbocycles. The molecule has 1 fully saturated rings. The first-order chi connectivity index (χ1) is 11.9. The molecule has 0 radical (unpaired) electrons. The predicted octanol–water partition coefficient (Wildman–Crippen LogP) is -0.474. The highest BCUT2D eigenvalue weighted by molar-refractivity contribution is 5.77. The molecule has 25 heavy (non-hydrogen) atoms. The lowest BCUT2D eigenvalue weighted by atomic mass is 9.99. The molecule has 1 amide bonds. The fourth-order valence-corrected chi connectivity index (χ4v) is 2.58. The van der Waals surface area contributed by atoms with Crippen molar-refractivity contribution >= 4 is 5.91 Å². The molecule has 8 nitrogen and oxygen atoms in total. The number of nitrogens with one attached hydrogen (secondary N) is 1. The van der Waals surface area contributed by atoms with E-state index in [1.54, 1.807) is 0 Å². The Balaban J connectivity index is 2.06. The van der Waals surface area contributed by atoms with Crippen LogP contribution >= 0.6 is 0 Å². The van der Waals surface area contributed by atoms with Gasteiger partial charge in [-0.1, -0.05) is 33.1 Å². The Bertz CT molecular complexity index is 378. The van der Waals surface area contributed by atoms with Crippen LogP contribution in [0.4, 0.5) is 0 Å². The van der Waals surface area contributed by atoms with Gasteiger partial charge in [0.1, 0.15) is 24.4 Å². The van der Waals surface area contributed by atoms with E-state index in [0.29, 0.717) is 13.2 Å². The minimum Gasteiger partial charge on any atom is -0.394 e. The third-order valence-corrected chi connectivity index (χ3v) is 4.28. The van der Waals surface area contributed by atoms with Crippen LogP contribution in [0.5, 0.6) is 0 Å². The van der Waals surface area contributed by atoms with Crippen molar-refractivity contribution < 1.29 is 34.7 Å². The van der Waals surface area contributed by atoms with Crippen LogP contribution in [0.3, 0.4) is 0 Å². The predicted molar refractivity (Wildman–Crippen MR) is 90.7 cm³/mol. The van der Waals surface area contributed by atoms with Gasteiger partial charge in [-0.3, -0.25) is 4.79 Å². The number of amides is 1. The van der Waals surface area contributed by atoms with Crippen molar-refractivity contribution in [2.45, 2.75) is 76.7 Å². The zero-order valence-corrected chi connectivity index (χ0v) is 15.1. The minimum atomic E-state index is -1.41. The maximum absolute atomic E-state index is 11.4. The van der Waals surface area contributed by atoms with Crippen molar-refractivity contribution in [3.63, 3.8) is 0 Å². The second-order valence-electron chi connectivity index (χ2n) is 6.78. The van der Waals surface area contributed by atoms with Crippen molar-refractivity contribution in [3.05, 3.63) is 0 Å². The topological polar surface area (TPSA) is 128 Å². The number of carbonyl (C=O) groups is 1. The van der Waals surface area contributed by atoms with E-state index in [1.807, 2.05) is 13.8 Å². The molecule has 1 aliphatic rings. The highest BCUT2D eigenvalue weighted by Crippen LogP contribution is 2.22. The summed E-state index contributed by atoms with van der Waals surface area (Å²) in [6.07, 6.45) is -1.44. The van der Waals surface area contributed by atoms with Crippen LogP contribution in [-0.4, -0.2) is 76.8 Å². The third-order valence-electron chi connectivity index (χ3n) is 4.28. The molecule has 1 rings (SSSR count). The van der Waals surface area contributed by atoms with E-state index in [9.17, 15) is 20.1 Å². The lowest BCUT2D eigenvalue weighted by molar-refractivity contribution is -0.301. The van der Waals surface area contributed by atoms with Gasteiger partial charge in [-0.25, -0.2) is 0 Å². The summed E-state index contributed by atoms with van der Waals surface area (Å²) in [5, 5.41) is 41.1. The normalized spacial score (nSPS) is 29.8. The summed E-state index contributed by atoms with van der Waals surface area (Å²) < 4.78 is 10.7. The van der Waals surface area contributed by atoms with Crippen LogP contribution in [0, 0.1) is 5.92 Å². The Labute approximate surface area is 149 Å². The van der Waals surface area contributed by atoms with Gasteiger partial charge in [-0.05, 0) is 12.8 Å². The van der Waals surface area contributed by atoms with E-state index in [1.165, 1.54) is 0 Å². The molecule has 0 aromatic heterocycles. The quantitative estimate of drug-likeness (QED) is 0.314. The largest absolute Gasteiger partial charge is 0.394 e. The van der Waals surface area contributed by atoms with E-state index in [0.717, 1.165) is 32.1 Å². The maximum atomic E-state index is 11.4. The number of unbranched alkanes of at least 4 members (excludes halogenated alkanes) is 4. The van der Waals surface area contributed by atoms with Crippen LogP contribution in [-0.2, 0) is 14.3 Å². The van der Waals surface area contributed by atoms with Crippen molar-refractivity contribution in [2.75, 3.05) is 19.8 Å². The lowest BCUT2D eigenvalue weighted by Gasteiger charge is -2.39. The third kappa shape index (κ3) is 7.55. The number of aliphatic hydroxyl groups is 4. The maximum Gasteiger partial charge on any atom is 0.222 e. The van der Waals surface area contributed by atoms with Gasteiger partial charge in [-0.15, -0.1) is 0 Å². The zero-order chi connectivity index (χ0) is 18.8. The average molecular weight is 363 g/mol. The molecule has 8 heteroatoms. The van der Waals surface area contributed by atoms with Gasteiger partial charge in [0.05, 0.1) is 6.61 Å². The molecular formula is C17H33NO7. The fourth-order valence-electron chi connectivity index (χ4n) is 2.58. The van der Waals surface area contributed by atoms with E-state index >= 15 is 0 Å². The molecule has 1 aliphatic heterocycles. The van der Waals surface area contributed by atoms with Gasteiger partial charge >= 0.3 is 0 Å². The van der Waals surface area contributed by atoms with Crippen LogP contribution in [0.25, 0.3) is 0 Å². The van der Waals surface area contributed by atoms with Gasteiger partial charge in [0.15, 0.2) is 6.29 Å². The molecular weight excluding hydrogens is 330 g/mol. The zero-order valence-electron chi connectivity index (χ0n) is 15.1. The molecule has 0 bridgehead atoms. The first kappa shape index (κ1) is 22.3. The van der Waals surface area contributed by atoms with Crippen molar-refractivity contribution in [1.29, 1.82) is 0 Å². The van der Waals surface area contributed by atoms with Crippen LogP contribution < -0.4 is 5.32 Å². The second kappa shape index (κ2) is 11.8. The summed E-state index contributed by atoms with van der Waals surface area (Å²) in [7, 11) is 0. The highest BCUT2D eigenvalue weighted by atomic mass is 16.7. The van der Waals surface area contributed by atoms with Gasteiger partial charge < -0.3 is 35.2 Å². The van der Waals surface area contributed by atoms with Crippen molar-refractivity contribution in [1.82, 2.24) is 5.32 Å². The summed E-state index contributed by atoms with van der Waals surface area (Å²) >= 11 is 0. The van der Waals surface area contributed by atoms with Gasteiger partial charge in [0.2, 0.25) is 5.91 Å². The summed E-state index contributed by atoms with van der Waals surface area (Å²) in [5.41, 5.74) is 0. The van der Waals surface area contributed by atoms with Crippen LogP contribution in [0.15, 0.2) is 0 Å². The van der Waals surface area contributed by atoms with Crippen molar-refractivity contribution in [3.8, 4) is 0 Å². The molecule has 0 saturated carbocycles. The highest BCUT2D eigenvalue weighted by Gasteiger charge is 2.43. The summed E-state index contributed by atoms with van der Waals surface area (Å²) in [4.78, 5) is 11.4. The molecule has 0 aromatic rings. The number of rotatable bonds is 11. The van der Waals surface area contributed by atoms with Crippen molar-refractivity contribution in [2.24, 2.45) is 5.92 Å². The van der Waals surface area contributed by atoms with Crippen LogP contribution in [0.2, 0.25) is 0 Å². The number of hydrogen-bond acceptors (Lipinski definition) is 7. The monoisotopic (exact) mass is 363 g/mol. The molecule has 0 spiro atoms. The summed E-state index contributed by atoms with van der Waals surface area (Å²) in [6.45, 7) is 4.32. The summed E-state index contributed by atoms with van der Waals surface area (Å²) in [5.74, 6) is 0.0903. The Morgan fingerprint density at radius 3 is 2.32 bits per heavy atom. The van der Waals surface area contributed by atoms with Gasteiger partial charge in [0, 0.05) is 19.1 Å². The van der Waals surface area contributed by atoms with Gasteiger partial charge in [-0.2, -0.15) is 0 Å². The molecule has 148 valence electrons. The van der Waals surface area contributed by atoms with E-state index in [4.69, 9.17) is 14.6 Å². The Kier molecular flexibility index (Phi) is 10.5. The Morgan fingerprint density at radius 1 is 1.04 bits per heavy atom. The number of carbonyl (C=O) groups excluding carboxylic acids is 1. The Morgan fingerprint density at radius 2 is 1.68 bits per heavy atom. The molecule has 1 saturated heterocycles. The van der Waals surface area contributed by atoms with Crippen LogP contribution in [0.1, 0.15) is 46.0 Å². The van der Waals surface area contributed by atoms with E-state index < -0.39 is 37.3 Å². The first-order valence-electron chi connectivity index (χ1n) is 9.08. The summed E-state index contributed by atoms with van der Waals surface area (Å²) in [6, 6.07) is 0.